The zero-order chi connectivity index (χ0) is 11.5. The maximum Gasteiger partial charge on any atom is 0.154 e. The SMILES string of the molecule is C(#Cc1cnc2cccnn12)c1c[c]ccc1. The number of hydrogen-bond acceptors (Lipinski definition) is 2. The lowest BCUT2D eigenvalue weighted by atomic mass is 10.2. The molecule has 1 aromatic carbocycles. The van der Waals surface area contributed by atoms with E-state index in [1.165, 1.54) is 0 Å². The maximum absolute atomic E-state index is 4.22. The molecule has 0 spiro atoms. The smallest absolute Gasteiger partial charge is 0.154 e. The third kappa shape index (κ3) is 1.88. The van der Waals surface area contributed by atoms with Gasteiger partial charge in [0.1, 0.15) is 5.69 Å². The van der Waals surface area contributed by atoms with Crippen molar-refractivity contribution in [3.8, 4) is 11.8 Å². The Bertz CT molecular complexity index is 702. The van der Waals surface area contributed by atoms with E-state index in [0.717, 1.165) is 16.9 Å². The summed E-state index contributed by atoms with van der Waals surface area (Å²) >= 11 is 0. The second kappa shape index (κ2) is 4.11. The van der Waals surface area contributed by atoms with Crippen LogP contribution in [0.2, 0.25) is 0 Å². The third-order valence-electron chi connectivity index (χ3n) is 2.32. The first kappa shape index (κ1) is 9.61. The molecule has 0 aliphatic heterocycles. The largest absolute Gasteiger partial charge is 0.234 e. The summed E-state index contributed by atoms with van der Waals surface area (Å²) < 4.78 is 1.72. The fraction of sp³-hybridized carbons (Fsp3) is 0. The number of fused-ring (bicyclic) bond motifs is 1. The Morgan fingerprint density at radius 2 is 2.18 bits per heavy atom. The molecule has 3 aromatic rings. The predicted molar refractivity (Wildman–Crippen MR) is 64.2 cm³/mol. The summed E-state index contributed by atoms with van der Waals surface area (Å²) in [5.74, 6) is 6.11. The van der Waals surface area contributed by atoms with Gasteiger partial charge in [-0.3, -0.25) is 0 Å². The minimum absolute atomic E-state index is 0.782. The molecule has 0 fully saturated rings. The molecule has 3 heteroatoms. The molecule has 0 saturated heterocycles. The fourth-order valence-corrected chi connectivity index (χ4v) is 1.52. The second-order valence-corrected chi connectivity index (χ2v) is 3.48. The van der Waals surface area contributed by atoms with Crippen LogP contribution in [0, 0.1) is 17.9 Å². The topological polar surface area (TPSA) is 30.2 Å². The van der Waals surface area contributed by atoms with Crippen LogP contribution < -0.4 is 0 Å². The number of hydrogen-bond donors (Lipinski definition) is 0. The Morgan fingerprint density at radius 1 is 1.18 bits per heavy atom. The van der Waals surface area contributed by atoms with Gasteiger partial charge >= 0.3 is 0 Å². The summed E-state index contributed by atoms with van der Waals surface area (Å²) in [7, 11) is 0. The van der Waals surface area contributed by atoms with E-state index in [2.05, 4.69) is 28.0 Å². The van der Waals surface area contributed by atoms with Crippen molar-refractivity contribution in [1.29, 1.82) is 0 Å². The molecule has 0 N–H and O–H groups in total. The van der Waals surface area contributed by atoms with Crippen molar-refractivity contribution >= 4 is 5.65 Å². The van der Waals surface area contributed by atoms with Gasteiger partial charge in [-0.15, -0.1) is 0 Å². The molecule has 0 unspecified atom stereocenters. The lowest BCUT2D eigenvalue weighted by molar-refractivity contribution is 0.923. The molecular weight excluding hydrogens is 210 g/mol. The Hall–Kier alpha value is -2.60. The van der Waals surface area contributed by atoms with Gasteiger partial charge in [0.15, 0.2) is 5.65 Å². The predicted octanol–water partition coefficient (Wildman–Crippen LogP) is 1.93. The van der Waals surface area contributed by atoms with Gasteiger partial charge in [0, 0.05) is 11.8 Å². The van der Waals surface area contributed by atoms with Crippen molar-refractivity contribution in [1.82, 2.24) is 14.6 Å². The summed E-state index contributed by atoms with van der Waals surface area (Å²) in [4.78, 5) is 4.22. The highest BCUT2D eigenvalue weighted by atomic mass is 15.2. The molecule has 0 amide bonds. The molecule has 0 aliphatic rings. The normalized spacial score (nSPS) is 9.88. The highest BCUT2D eigenvalue weighted by molar-refractivity contribution is 5.45. The average molecular weight is 218 g/mol. The van der Waals surface area contributed by atoms with Crippen LogP contribution in [0.4, 0.5) is 0 Å². The van der Waals surface area contributed by atoms with Gasteiger partial charge in [0.05, 0.1) is 6.20 Å². The summed E-state index contributed by atoms with van der Waals surface area (Å²) in [6.07, 6.45) is 3.44. The molecule has 0 bridgehead atoms. The van der Waals surface area contributed by atoms with Crippen LogP contribution in [0.1, 0.15) is 11.3 Å². The molecular formula is C14H8N3. The third-order valence-corrected chi connectivity index (χ3v) is 2.32. The molecule has 2 aromatic heterocycles. The van der Waals surface area contributed by atoms with Gasteiger partial charge in [-0.2, -0.15) is 5.10 Å². The van der Waals surface area contributed by atoms with Gasteiger partial charge in [-0.05, 0) is 36.3 Å². The summed E-state index contributed by atoms with van der Waals surface area (Å²) in [5.41, 5.74) is 2.51. The molecule has 1 radical (unpaired) electrons. The van der Waals surface area contributed by atoms with Gasteiger partial charge in [0.25, 0.3) is 0 Å². The van der Waals surface area contributed by atoms with Crippen molar-refractivity contribution in [2.75, 3.05) is 0 Å². The molecule has 3 nitrogen and oxygen atoms in total. The number of benzene rings is 1. The van der Waals surface area contributed by atoms with Gasteiger partial charge < -0.3 is 0 Å². The zero-order valence-electron chi connectivity index (χ0n) is 8.96. The molecule has 17 heavy (non-hydrogen) atoms. The van der Waals surface area contributed by atoms with Crippen LogP contribution in [0.3, 0.4) is 0 Å². The first-order chi connectivity index (χ1) is 8.43. The van der Waals surface area contributed by atoms with Crippen molar-refractivity contribution in [2.24, 2.45) is 0 Å². The van der Waals surface area contributed by atoms with E-state index in [-0.39, 0.29) is 0 Å². The first-order valence-electron chi connectivity index (χ1n) is 5.20. The Labute approximate surface area is 98.7 Å². The van der Waals surface area contributed by atoms with E-state index < -0.39 is 0 Å². The Morgan fingerprint density at radius 3 is 3.06 bits per heavy atom. The summed E-state index contributed by atoms with van der Waals surface area (Å²) in [6.45, 7) is 0. The Balaban J connectivity index is 2.04. The van der Waals surface area contributed by atoms with Crippen LogP contribution in [0.25, 0.3) is 5.65 Å². The number of rotatable bonds is 0. The van der Waals surface area contributed by atoms with E-state index in [0.29, 0.717) is 0 Å². The van der Waals surface area contributed by atoms with Crippen molar-refractivity contribution in [2.45, 2.75) is 0 Å². The lowest BCUT2D eigenvalue weighted by Gasteiger charge is -1.91. The quantitative estimate of drug-likeness (QED) is 0.540. The van der Waals surface area contributed by atoms with Gasteiger partial charge in [-0.25, -0.2) is 9.50 Å². The lowest BCUT2D eigenvalue weighted by Crippen LogP contribution is -1.92. The number of nitrogens with zero attached hydrogens (tertiary/aromatic N) is 3. The Kier molecular flexibility index (Phi) is 2.32. The van der Waals surface area contributed by atoms with Crippen molar-refractivity contribution in [3.05, 3.63) is 66.1 Å². The summed E-state index contributed by atoms with van der Waals surface area (Å²) in [5, 5.41) is 4.20. The minimum Gasteiger partial charge on any atom is -0.234 e. The molecule has 79 valence electrons. The molecule has 0 atom stereocenters. The van der Waals surface area contributed by atoms with Crippen molar-refractivity contribution in [3.63, 3.8) is 0 Å². The average Bonchev–Trinajstić information content (AvgIpc) is 2.81. The van der Waals surface area contributed by atoms with E-state index >= 15 is 0 Å². The summed E-state index contributed by atoms with van der Waals surface area (Å²) in [6, 6.07) is 14.3. The maximum atomic E-state index is 4.22. The molecule has 0 aliphatic carbocycles. The first-order valence-corrected chi connectivity index (χ1v) is 5.20. The molecule has 2 heterocycles. The van der Waals surface area contributed by atoms with Crippen LogP contribution in [0.5, 0.6) is 0 Å². The van der Waals surface area contributed by atoms with E-state index in [1.807, 2.05) is 36.4 Å². The highest BCUT2D eigenvalue weighted by Crippen LogP contribution is 2.02. The minimum atomic E-state index is 0.782. The van der Waals surface area contributed by atoms with E-state index in [1.54, 1.807) is 16.9 Å². The fourth-order valence-electron chi connectivity index (χ4n) is 1.52. The highest BCUT2D eigenvalue weighted by Gasteiger charge is 1.98. The molecule has 3 rings (SSSR count). The van der Waals surface area contributed by atoms with Crippen LogP contribution in [-0.4, -0.2) is 14.6 Å². The standard InChI is InChI=1S/C14H8N3/c1-2-5-12(6-3-1)8-9-13-11-15-14-7-4-10-16-17(13)14/h1-2,4-7,10-11H. The van der Waals surface area contributed by atoms with E-state index in [4.69, 9.17) is 0 Å². The second-order valence-electron chi connectivity index (χ2n) is 3.48. The van der Waals surface area contributed by atoms with Gasteiger partial charge in [0.2, 0.25) is 0 Å². The van der Waals surface area contributed by atoms with Crippen LogP contribution in [0.15, 0.2) is 48.8 Å². The van der Waals surface area contributed by atoms with Crippen LogP contribution >= 0.6 is 0 Å². The zero-order valence-corrected chi connectivity index (χ0v) is 8.96. The number of imidazole rings is 1. The van der Waals surface area contributed by atoms with E-state index in [9.17, 15) is 0 Å². The number of aromatic nitrogens is 3. The van der Waals surface area contributed by atoms with Crippen molar-refractivity contribution < 1.29 is 0 Å². The monoisotopic (exact) mass is 218 g/mol. The van der Waals surface area contributed by atoms with Crippen LogP contribution in [-0.2, 0) is 0 Å². The molecule has 0 saturated carbocycles. The van der Waals surface area contributed by atoms with Gasteiger partial charge in [-0.1, -0.05) is 18.1 Å².